The zero-order chi connectivity index (χ0) is 22.8. The van der Waals surface area contributed by atoms with Gasteiger partial charge in [-0.1, -0.05) is 0 Å². The lowest BCUT2D eigenvalue weighted by atomic mass is 9.79. The number of nitrogens with zero attached hydrogens (tertiary/aromatic N) is 1. The fourth-order valence-electron chi connectivity index (χ4n) is 4.01. The van der Waals surface area contributed by atoms with Crippen LogP contribution in [0.5, 0.6) is 11.5 Å². The highest BCUT2D eigenvalue weighted by Crippen LogP contribution is 2.42. The van der Waals surface area contributed by atoms with Crippen LogP contribution in [0.4, 0.5) is 14.5 Å². The van der Waals surface area contributed by atoms with Crippen LogP contribution in [-0.4, -0.2) is 26.4 Å². The SMILES string of the molecule is COCC1CCc2cc3c(cc2C1NC(=O)/C(N)=C/N(N)c1ccc(F)c(F)c1)OCO3. The molecule has 2 aromatic rings. The summed E-state index contributed by atoms with van der Waals surface area (Å²) in [7, 11) is 1.61. The highest BCUT2D eigenvalue weighted by molar-refractivity contribution is 5.93. The molecule has 2 aromatic carbocycles. The Morgan fingerprint density at radius 1 is 1.25 bits per heavy atom. The largest absolute Gasteiger partial charge is 0.454 e. The Morgan fingerprint density at radius 2 is 2.00 bits per heavy atom. The van der Waals surface area contributed by atoms with Gasteiger partial charge in [0.1, 0.15) is 5.70 Å². The van der Waals surface area contributed by atoms with Crippen molar-refractivity contribution in [1.82, 2.24) is 5.32 Å². The summed E-state index contributed by atoms with van der Waals surface area (Å²) in [5.74, 6) is 4.56. The normalized spacial score (nSPS) is 19.4. The van der Waals surface area contributed by atoms with Crippen molar-refractivity contribution in [3.8, 4) is 11.5 Å². The van der Waals surface area contributed by atoms with Gasteiger partial charge in [-0.2, -0.15) is 0 Å². The van der Waals surface area contributed by atoms with Crippen molar-refractivity contribution in [3.63, 3.8) is 0 Å². The molecule has 8 nitrogen and oxygen atoms in total. The summed E-state index contributed by atoms with van der Waals surface area (Å²) < 4.78 is 42.9. The average Bonchev–Trinajstić information content (AvgIpc) is 3.23. The Hall–Kier alpha value is -3.37. The van der Waals surface area contributed by atoms with Crippen molar-refractivity contribution in [1.29, 1.82) is 0 Å². The topological polar surface area (TPSA) is 112 Å². The van der Waals surface area contributed by atoms with Crippen molar-refractivity contribution < 1.29 is 27.8 Å². The first-order valence-electron chi connectivity index (χ1n) is 10.1. The fraction of sp³-hybridized carbons (Fsp3) is 0.318. The van der Waals surface area contributed by atoms with E-state index >= 15 is 0 Å². The van der Waals surface area contributed by atoms with Crippen molar-refractivity contribution in [2.24, 2.45) is 17.5 Å². The van der Waals surface area contributed by atoms with Gasteiger partial charge >= 0.3 is 0 Å². The average molecular weight is 446 g/mol. The van der Waals surface area contributed by atoms with E-state index in [4.69, 9.17) is 25.8 Å². The second kappa shape index (κ2) is 9.01. The van der Waals surface area contributed by atoms with Gasteiger partial charge in [0.2, 0.25) is 6.79 Å². The van der Waals surface area contributed by atoms with Crippen LogP contribution in [-0.2, 0) is 16.0 Å². The maximum absolute atomic E-state index is 13.5. The highest BCUT2D eigenvalue weighted by Gasteiger charge is 2.33. The summed E-state index contributed by atoms with van der Waals surface area (Å²) in [6.45, 7) is 0.600. The Balaban J connectivity index is 1.56. The van der Waals surface area contributed by atoms with Gasteiger partial charge in [0.25, 0.3) is 5.91 Å². The van der Waals surface area contributed by atoms with E-state index < -0.39 is 17.5 Å². The smallest absolute Gasteiger partial charge is 0.269 e. The van der Waals surface area contributed by atoms with Gasteiger partial charge < -0.3 is 25.3 Å². The Labute approximate surface area is 183 Å². The molecule has 0 saturated carbocycles. The van der Waals surface area contributed by atoms with Crippen LogP contribution in [0, 0.1) is 17.6 Å². The van der Waals surface area contributed by atoms with E-state index in [1.54, 1.807) is 7.11 Å². The number of aryl methyl sites for hydroxylation is 1. The number of carbonyl (C=O) groups is 1. The molecule has 0 bridgehead atoms. The summed E-state index contributed by atoms with van der Waals surface area (Å²) in [4.78, 5) is 12.9. The minimum atomic E-state index is -1.06. The van der Waals surface area contributed by atoms with Gasteiger partial charge in [0.05, 0.1) is 18.3 Å². The molecular formula is C22H24F2N4O4. The Bertz CT molecular complexity index is 1060. The third kappa shape index (κ3) is 4.32. The number of carbonyl (C=O) groups excluding carboxylic acids is 1. The molecule has 1 aliphatic carbocycles. The molecule has 1 amide bonds. The molecule has 5 N–H and O–H groups in total. The molecule has 2 atom stereocenters. The van der Waals surface area contributed by atoms with E-state index in [-0.39, 0.29) is 30.1 Å². The van der Waals surface area contributed by atoms with E-state index in [9.17, 15) is 13.6 Å². The molecule has 2 unspecified atom stereocenters. The standard InChI is InChI=1S/C22H24F2N4O4/c1-30-10-13-3-2-12-6-19-20(32-11-31-19)8-15(12)21(13)27-22(29)18(25)9-28(26)14-4-5-16(23)17(24)7-14/h4-9,13,21H,2-3,10-11,25-26H2,1H3,(H,27,29)/b18-9-. The number of benzene rings is 2. The van der Waals surface area contributed by atoms with Crippen LogP contribution in [0.3, 0.4) is 0 Å². The van der Waals surface area contributed by atoms with Gasteiger partial charge in [-0.15, -0.1) is 0 Å². The summed E-state index contributed by atoms with van der Waals surface area (Å²) in [6, 6.07) is 6.56. The first-order chi connectivity index (χ1) is 15.4. The molecule has 32 heavy (non-hydrogen) atoms. The number of hydrazine groups is 1. The zero-order valence-corrected chi connectivity index (χ0v) is 17.4. The molecule has 0 fully saturated rings. The number of hydrogen-bond donors (Lipinski definition) is 3. The van der Waals surface area contributed by atoms with E-state index in [2.05, 4.69) is 5.32 Å². The molecule has 0 radical (unpaired) electrons. The predicted molar refractivity (Wildman–Crippen MR) is 112 cm³/mol. The number of nitrogens with one attached hydrogen (secondary N) is 1. The predicted octanol–water partition coefficient (Wildman–Crippen LogP) is 2.24. The van der Waals surface area contributed by atoms with Gasteiger partial charge in [0, 0.05) is 25.3 Å². The number of fused-ring (bicyclic) bond motifs is 2. The molecule has 1 aliphatic heterocycles. The van der Waals surface area contributed by atoms with Crippen molar-refractivity contribution in [3.05, 3.63) is 65.0 Å². The van der Waals surface area contributed by atoms with E-state index in [1.165, 1.54) is 6.07 Å². The van der Waals surface area contributed by atoms with Crippen LogP contribution in [0.15, 0.2) is 42.2 Å². The molecule has 4 rings (SSSR count). The van der Waals surface area contributed by atoms with Gasteiger partial charge in [-0.3, -0.25) is 9.80 Å². The van der Waals surface area contributed by atoms with Crippen molar-refractivity contribution in [2.45, 2.75) is 18.9 Å². The monoisotopic (exact) mass is 446 g/mol. The Kier molecular flexibility index (Phi) is 6.15. The number of ether oxygens (including phenoxy) is 3. The highest BCUT2D eigenvalue weighted by atomic mass is 19.2. The lowest BCUT2D eigenvalue weighted by Crippen LogP contribution is -2.40. The number of halogens is 2. The molecule has 0 aromatic heterocycles. The van der Waals surface area contributed by atoms with Gasteiger partial charge in [-0.25, -0.2) is 14.6 Å². The number of anilines is 1. The summed E-state index contributed by atoms with van der Waals surface area (Å²) in [5, 5.41) is 3.91. The molecule has 2 aliphatic rings. The third-order valence-electron chi connectivity index (χ3n) is 5.63. The first kappa shape index (κ1) is 21.8. The molecule has 0 spiro atoms. The number of hydrogen-bond acceptors (Lipinski definition) is 7. The summed E-state index contributed by atoms with van der Waals surface area (Å²) in [6.07, 6.45) is 2.76. The van der Waals surface area contributed by atoms with Crippen molar-refractivity contribution in [2.75, 3.05) is 25.5 Å². The van der Waals surface area contributed by atoms with Crippen LogP contribution in [0.25, 0.3) is 0 Å². The van der Waals surface area contributed by atoms with E-state index in [1.807, 2.05) is 12.1 Å². The second-order valence-corrected chi connectivity index (χ2v) is 7.70. The third-order valence-corrected chi connectivity index (χ3v) is 5.63. The molecule has 10 heteroatoms. The summed E-state index contributed by atoms with van der Waals surface area (Å²) >= 11 is 0. The number of methoxy groups -OCH3 is 1. The van der Waals surface area contributed by atoms with Crippen LogP contribution >= 0.6 is 0 Å². The number of amides is 1. The second-order valence-electron chi connectivity index (χ2n) is 7.70. The van der Waals surface area contributed by atoms with Crippen LogP contribution in [0.1, 0.15) is 23.6 Å². The minimum Gasteiger partial charge on any atom is -0.454 e. The lowest BCUT2D eigenvalue weighted by molar-refractivity contribution is -0.119. The zero-order valence-electron chi connectivity index (χ0n) is 17.4. The summed E-state index contributed by atoms with van der Waals surface area (Å²) in [5.41, 5.74) is 7.86. The van der Waals surface area contributed by atoms with Crippen molar-refractivity contribution >= 4 is 11.6 Å². The number of rotatable bonds is 6. The van der Waals surface area contributed by atoms with Crippen LogP contribution in [0.2, 0.25) is 0 Å². The van der Waals surface area contributed by atoms with Gasteiger partial charge in [0.15, 0.2) is 23.1 Å². The lowest BCUT2D eigenvalue weighted by Gasteiger charge is -2.34. The maximum atomic E-state index is 13.5. The fourth-order valence-corrected chi connectivity index (χ4v) is 4.01. The quantitative estimate of drug-likeness (QED) is 0.354. The minimum absolute atomic E-state index is 0.0183. The molecular weight excluding hydrogens is 422 g/mol. The number of nitrogens with two attached hydrogens (primary N) is 2. The first-order valence-corrected chi connectivity index (χ1v) is 10.1. The Morgan fingerprint density at radius 3 is 2.72 bits per heavy atom. The molecule has 0 saturated heterocycles. The van der Waals surface area contributed by atoms with Crippen LogP contribution < -0.4 is 31.4 Å². The van der Waals surface area contributed by atoms with E-state index in [0.717, 1.165) is 47.3 Å². The molecule has 170 valence electrons. The van der Waals surface area contributed by atoms with E-state index in [0.29, 0.717) is 18.1 Å². The van der Waals surface area contributed by atoms with Gasteiger partial charge in [-0.05, 0) is 48.2 Å². The maximum Gasteiger partial charge on any atom is 0.269 e. The molecule has 1 heterocycles.